The highest BCUT2D eigenvalue weighted by atomic mass is 35.5. The van der Waals surface area contributed by atoms with E-state index in [9.17, 15) is 13.6 Å². The lowest BCUT2D eigenvalue weighted by molar-refractivity contribution is 0.0945. The van der Waals surface area contributed by atoms with Crippen LogP contribution < -0.4 is 5.32 Å². The molecule has 1 aromatic heterocycles. The summed E-state index contributed by atoms with van der Waals surface area (Å²) in [6, 6.07) is 17.4. The average molecular weight is 516 g/mol. The first-order valence-corrected chi connectivity index (χ1v) is 11.5. The fourth-order valence-electron chi connectivity index (χ4n) is 3.48. The molecule has 1 amide bonds. The summed E-state index contributed by atoms with van der Waals surface area (Å²) in [6.45, 7) is 1.37. The topological polar surface area (TPSA) is 58.4 Å². The maximum absolute atomic E-state index is 13.4. The van der Waals surface area contributed by atoms with Crippen molar-refractivity contribution in [3.05, 3.63) is 123 Å². The molecule has 5 nitrogen and oxygen atoms in total. The Morgan fingerprint density at radius 1 is 0.886 bits per heavy atom. The van der Waals surface area contributed by atoms with Crippen LogP contribution in [0.25, 0.3) is 0 Å². The number of carbonyl (C=O) groups is 1. The zero-order chi connectivity index (χ0) is 24.8. The van der Waals surface area contributed by atoms with Gasteiger partial charge in [-0.05, 0) is 47.0 Å². The van der Waals surface area contributed by atoms with Gasteiger partial charge in [0.25, 0.3) is 5.91 Å². The van der Waals surface area contributed by atoms with Crippen LogP contribution in [0.3, 0.4) is 0 Å². The van der Waals surface area contributed by atoms with Gasteiger partial charge in [0.1, 0.15) is 17.9 Å². The summed E-state index contributed by atoms with van der Waals surface area (Å²) in [7, 11) is 0. The van der Waals surface area contributed by atoms with Crippen molar-refractivity contribution in [2.75, 3.05) is 0 Å². The molecule has 4 rings (SSSR count). The number of hydrogen-bond acceptors (Lipinski definition) is 4. The number of benzene rings is 3. The largest absolute Gasteiger partial charge is 0.447 e. The van der Waals surface area contributed by atoms with E-state index in [0.29, 0.717) is 29.0 Å². The first-order valence-electron chi connectivity index (χ1n) is 10.7. The molecule has 1 heterocycles. The van der Waals surface area contributed by atoms with Crippen molar-refractivity contribution in [2.45, 2.75) is 26.2 Å². The lowest BCUT2D eigenvalue weighted by Gasteiger charge is -2.22. The number of halogens is 4. The van der Waals surface area contributed by atoms with Crippen molar-refractivity contribution in [2.24, 2.45) is 0 Å². The van der Waals surface area contributed by atoms with Crippen molar-refractivity contribution in [3.63, 3.8) is 0 Å². The smallest absolute Gasteiger partial charge is 0.273 e. The summed E-state index contributed by atoms with van der Waals surface area (Å²) in [6.07, 6.45) is 1.29. The van der Waals surface area contributed by atoms with Crippen molar-refractivity contribution < 1.29 is 18.0 Å². The molecule has 0 saturated carbocycles. The van der Waals surface area contributed by atoms with Gasteiger partial charge >= 0.3 is 0 Å². The minimum atomic E-state index is -0.410. The monoisotopic (exact) mass is 515 g/mol. The van der Waals surface area contributed by atoms with Gasteiger partial charge in [-0.15, -0.1) is 0 Å². The Balaban J connectivity index is 1.46. The fourth-order valence-corrected chi connectivity index (χ4v) is 3.86. The Bertz CT molecular complexity index is 1290. The van der Waals surface area contributed by atoms with E-state index in [2.05, 4.69) is 10.3 Å². The second-order valence-electron chi connectivity index (χ2n) is 7.92. The van der Waals surface area contributed by atoms with E-state index >= 15 is 0 Å². The molecule has 0 aliphatic rings. The van der Waals surface area contributed by atoms with Crippen LogP contribution in [-0.4, -0.2) is 15.8 Å². The highest BCUT2D eigenvalue weighted by Gasteiger charge is 2.17. The van der Waals surface area contributed by atoms with E-state index in [1.54, 1.807) is 30.3 Å². The Labute approximate surface area is 211 Å². The van der Waals surface area contributed by atoms with Crippen molar-refractivity contribution in [1.82, 2.24) is 15.2 Å². The lowest BCUT2D eigenvalue weighted by Crippen LogP contribution is -2.24. The molecule has 0 saturated heterocycles. The van der Waals surface area contributed by atoms with Crippen LogP contribution in [0.15, 0.2) is 77.4 Å². The zero-order valence-corrected chi connectivity index (χ0v) is 20.0. The van der Waals surface area contributed by atoms with E-state index < -0.39 is 5.91 Å². The van der Waals surface area contributed by atoms with Gasteiger partial charge in [0.05, 0.1) is 16.6 Å². The predicted octanol–water partition coefficient (Wildman–Crippen LogP) is 6.39. The Morgan fingerprint density at radius 3 is 2.23 bits per heavy atom. The lowest BCUT2D eigenvalue weighted by atomic mass is 10.1. The molecule has 0 aliphatic heterocycles. The van der Waals surface area contributed by atoms with Crippen LogP contribution in [0.5, 0.6) is 0 Å². The number of nitrogens with zero attached hydrogens (tertiary/aromatic N) is 2. The molecule has 0 radical (unpaired) electrons. The first kappa shape index (κ1) is 24.9. The van der Waals surface area contributed by atoms with Crippen LogP contribution in [-0.2, 0) is 26.2 Å². The van der Waals surface area contributed by atoms with E-state index in [-0.39, 0.29) is 30.4 Å². The van der Waals surface area contributed by atoms with Crippen LogP contribution in [0.4, 0.5) is 8.78 Å². The average Bonchev–Trinajstić information content (AvgIpc) is 3.31. The molecule has 0 atom stereocenters. The minimum absolute atomic E-state index is 0.129. The predicted molar refractivity (Wildman–Crippen MR) is 130 cm³/mol. The molecule has 1 N–H and O–H groups in total. The fraction of sp³-hybridized carbons (Fsp3) is 0.154. The van der Waals surface area contributed by atoms with E-state index in [4.69, 9.17) is 27.6 Å². The van der Waals surface area contributed by atoms with Gasteiger partial charge < -0.3 is 9.73 Å². The van der Waals surface area contributed by atoms with E-state index in [1.807, 2.05) is 17.0 Å². The molecular formula is C26H21Cl2F2N3O2. The van der Waals surface area contributed by atoms with Crippen LogP contribution in [0, 0.1) is 11.6 Å². The second-order valence-corrected chi connectivity index (χ2v) is 8.71. The summed E-state index contributed by atoms with van der Waals surface area (Å²) in [5.74, 6) is -0.739. The molecule has 3 aromatic carbocycles. The minimum Gasteiger partial charge on any atom is -0.447 e. The summed E-state index contributed by atoms with van der Waals surface area (Å²) >= 11 is 12.6. The van der Waals surface area contributed by atoms with Gasteiger partial charge in [-0.3, -0.25) is 9.69 Å². The number of carbonyl (C=O) groups excluding carboxylic acids is 1. The molecule has 0 aliphatic carbocycles. The molecule has 0 bridgehead atoms. The molecular weight excluding hydrogens is 495 g/mol. The molecule has 4 aromatic rings. The summed E-state index contributed by atoms with van der Waals surface area (Å²) in [4.78, 5) is 18.8. The highest BCUT2D eigenvalue weighted by molar-refractivity contribution is 6.42. The quantitative estimate of drug-likeness (QED) is 0.280. The number of nitrogens with one attached hydrogen (secondary N) is 1. The standard InChI is InChI=1S/C26H21Cl2F2N3O2/c27-22-3-1-2-19(25(22)28)14-33(13-18-6-10-21(30)11-7-18)15-24-32-23(16-35-24)26(34)31-12-17-4-8-20(29)9-5-17/h1-11,16H,12-15H2,(H,31,34). The summed E-state index contributed by atoms with van der Waals surface area (Å²) < 4.78 is 32.0. The van der Waals surface area contributed by atoms with E-state index in [1.165, 1.54) is 30.5 Å². The maximum Gasteiger partial charge on any atom is 0.273 e. The third kappa shape index (κ3) is 6.88. The third-order valence-corrected chi connectivity index (χ3v) is 6.11. The normalized spacial score (nSPS) is 11.1. The van der Waals surface area contributed by atoms with Gasteiger partial charge in [-0.25, -0.2) is 13.8 Å². The second kappa shape index (κ2) is 11.4. The number of amides is 1. The molecule has 0 unspecified atom stereocenters. The first-order chi connectivity index (χ1) is 16.9. The number of aromatic nitrogens is 1. The van der Waals surface area contributed by atoms with Gasteiger partial charge in [0, 0.05) is 19.6 Å². The summed E-state index contributed by atoms with van der Waals surface area (Å²) in [5, 5.41) is 3.63. The highest BCUT2D eigenvalue weighted by Crippen LogP contribution is 2.27. The molecule has 0 fully saturated rings. The van der Waals surface area contributed by atoms with Crippen molar-refractivity contribution in [3.8, 4) is 0 Å². The molecule has 180 valence electrons. The Kier molecular flexibility index (Phi) is 8.13. The van der Waals surface area contributed by atoms with Gasteiger partial charge in [0.15, 0.2) is 5.69 Å². The van der Waals surface area contributed by atoms with E-state index in [0.717, 1.165) is 16.7 Å². The number of rotatable bonds is 9. The van der Waals surface area contributed by atoms with Crippen LogP contribution >= 0.6 is 23.2 Å². The Morgan fingerprint density at radius 2 is 1.54 bits per heavy atom. The van der Waals surface area contributed by atoms with Crippen molar-refractivity contribution in [1.29, 1.82) is 0 Å². The van der Waals surface area contributed by atoms with Gasteiger partial charge in [-0.1, -0.05) is 59.6 Å². The molecule has 0 spiro atoms. The van der Waals surface area contributed by atoms with Gasteiger partial charge in [0.2, 0.25) is 5.89 Å². The zero-order valence-electron chi connectivity index (χ0n) is 18.5. The number of oxazole rings is 1. The maximum atomic E-state index is 13.4. The van der Waals surface area contributed by atoms with Crippen LogP contribution in [0.1, 0.15) is 33.1 Å². The molecule has 9 heteroatoms. The SMILES string of the molecule is O=C(NCc1ccc(F)cc1)c1coc(CN(Cc2ccc(F)cc2)Cc2cccc(Cl)c2Cl)n1. The molecule has 35 heavy (non-hydrogen) atoms. The summed E-state index contributed by atoms with van der Waals surface area (Å²) in [5.41, 5.74) is 2.58. The van der Waals surface area contributed by atoms with Gasteiger partial charge in [-0.2, -0.15) is 0 Å². The Hall–Kier alpha value is -3.26. The third-order valence-electron chi connectivity index (χ3n) is 5.25. The van der Waals surface area contributed by atoms with Crippen LogP contribution in [0.2, 0.25) is 10.0 Å². The van der Waals surface area contributed by atoms with Crippen molar-refractivity contribution >= 4 is 29.1 Å². The number of hydrogen-bond donors (Lipinski definition) is 1.